The normalized spacial score (nSPS) is 13.2. The van der Waals surface area contributed by atoms with Crippen LogP contribution in [0.15, 0.2) is 23.4 Å². The molecule has 0 amide bonds. The predicted octanol–water partition coefficient (Wildman–Crippen LogP) is 4.94. The second kappa shape index (κ2) is 9.53. The Kier molecular flexibility index (Phi) is 7.22. The van der Waals surface area contributed by atoms with Crippen molar-refractivity contribution in [3.05, 3.63) is 35.1 Å². The second-order valence-corrected chi connectivity index (χ2v) is 9.25. The Morgan fingerprint density at radius 1 is 1.23 bits per heavy atom. The molecule has 0 aliphatic carbocycles. The van der Waals surface area contributed by atoms with E-state index in [1.807, 2.05) is 13.8 Å². The molecule has 1 aromatic carbocycles. The lowest BCUT2D eigenvalue weighted by atomic mass is 10.0. The van der Waals surface area contributed by atoms with E-state index >= 15 is 0 Å². The van der Waals surface area contributed by atoms with E-state index in [1.54, 1.807) is 0 Å². The van der Waals surface area contributed by atoms with Gasteiger partial charge in [0.15, 0.2) is 21.8 Å². The van der Waals surface area contributed by atoms with Crippen molar-refractivity contribution in [3.63, 3.8) is 0 Å². The zero-order valence-electron chi connectivity index (χ0n) is 16.7. The van der Waals surface area contributed by atoms with Crippen molar-refractivity contribution < 1.29 is 22.7 Å². The monoisotopic (exact) mass is 475 g/mol. The molecule has 0 aliphatic heterocycles. The van der Waals surface area contributed by atoms with E-state index in [0.717, 1.165) is 17.8 Å². The summed E-state index contributed by atoms with van der Waals surface area (Å²) < 4.78 is 53.8. The van der Waals surface area contributed by atoms with Crippen LogP contribution in [0, 0.1) is 11.7 Å². The van der Waals surface area contributed by atoms with Crippen LogP contribution in [0.3, 0.4) is 0 Å². The Morgan fingerprint density at radius 2 is 1.97 bits per heavy atom. The van der Waals surface area contributed by atoms with Gasteiger partial charge in [0.1, 0.15) is 10.5 Å². The number of nitrogen functional groups attached to an aromatic ring is 1. The van der Waals surface area contributed by atoms with E-state index in [4.69, 9.17) is 5.73 Å². The molecule has 0 bridgehead atoms. The summed E-state index contributed by atoms with van der Waals surface area (Å²) in [6.45, 7) is 3.93. The lowest BCUT2D eigenvalue weighted by Gasteiger charge is -2.19. The fourth-order valence-corrected chi connectivity index (χ4v) is 4.52. The van der Waals surface area contributed by atoms with Gasteiger partial charge < -0.3 is 16.2 Å². The average molecular weight is 476 g/mol. The molecule has 0 radical (unpaired) electrons. The quantitative estimate of drug-likeness (QED) is 0.241. The molecule has 2 aromatic heterocycles. The van der Waals surface area contributed by atoms with E-state index in [9.17, 15) is 22.7 Å². The number of rotatable bonds is 8. The van der Waals surface area contributed by atoms with Crippen LogP contribution in [-0.2, 0) is 11.9 Å². The van der Waals surface area contributed by atoms with E-state index in [1.165, 1.54) is 17.4 Å². The third kappa shape index (κ3) is 5.74. The summed E-state index contributed by atoms with van der Waals surface area (Å²) in [7, 11) is 0. The number of hydrogen-bond donors (Lipinski definition) is 3. The van der Waals surface area contributed by atoms with Gasteiger partial charge in [0.25, 0.3) is 0 Å². The van der Waals surface area contributed by atoms with Crippen LogP contribution in [0.2, 0.25) is 0 Å². The van der Waals surface area contributed by atoms with Crippen LogP contribution in [0.4, 0.5) is 28.5 Å². The largest absolute Gasteiger partial charge is 0.419 e. The first-order chi connectivity index (χ1) is 14.6. The lowest BCUT2D eigenvalue weighted by molar-refractivity contribution is -0.140. The van der Waals surface area contributed by atoms with E-state index in [2.05, 4.69) is 20.3 Å². The SMILES string of the molecule is CC(C)C[C@H](CO)Nc1nc(SCc2cccc(C(F)(F)F)c2F)nc2nc(N)sc12. The molecule has 1 atom stereocenters. The third-order valence-corrected chi connectivity index (χ3v) is 6.08. The first-order valence-electron chi connectivity index (χ1n) is 9.37. The van der Waals surface area contributed by atoms with Crippen LogP contribution in [-0.4, -0.2) is 32.7 Å². The molecule has 0 saturated carbocycles. The molecule has 0 fully saturated rings. The second-order valence-electron chi connectivity index (χ2n) is 7.28. The van der Waals surface area contributed by atoms with Gasteiger partial charge in [-0.25, -0.2) is 19.3 Å². The van der Waals surface area contributed by atoms with Gasteiger partial charge in [0, 0.05) is 5.75 Å². The number of nitrogens with two attached hydrogens (primary N) is 1. The van der Waals surface area contributed by atoms with Gasteiger partial charge in [-0.05, 0) is 24.0 Å². The van der Waals surface area contributed by atoms with Crippen LogP contribution in [0.25, 0.3) is 10.3 Å². The number of thiazole rings is 1. The van der Waals surface area contributed by atoms with E-state index < -0.39 is 17.6 Å². The number of nitrogens with zero attached hydrogens (tertiary/aromatic N) is 3. The number of aliphatic hydroxyl groups excluding tert-OH is 1. The van der Waals surface area contributed by atoms with Crippen LogP contribution in [0.1, 0.15) is 31.4 Å². The molecule has 2 heterocycles. The van der Waals surface area contributed by atoms with Crippen molar-refractivity contribution in [1.82, 2.24) is 15.0 Å². The maximum atomic E-state index is 14.3. The van der Waals surface area contributed by atoms with Crippen molar-refractivity contribution in [2.45, 2.75) is 43.4 Å². The summed E-state index contributed by atoms with van der Waals surface area (Å²) in [5, 5.41) is 13.3. The number of thioether (sulfide) groups is 1. The van der Waals surface area contributed by atoms with Gasteiger partial charge in [-0.3, -0.25) is 0 Å². The molecule has 168 valence electrons. The Morgan fingerprint density at radius 3 is 2.61 bits per heavy atom. The summed E-state index contributed by atoms with van der Waals surface area (Å²) in [5.74, 6) is -0.662. The van der Waals surface area contributed by atoms with Gasteiger partial charge in [-0.15, -0.1) is 0 Å². The highest BCUT2D eigenvalue weighted by molar-refractivity contribution is 7.98. The van der Waals surface area contributed by atoms with Crippen LogP contribution < -0.4 is 11.1 Å². The molecule has 6 nitrogen and oxygen atoms in total. The molecule has 12 heteroatoms. The summed E-state index contributed by atoms with van der Waals surface area (Å²) in [4.78, 5) is 12.9. The van der Waals surface area contributed by atoms with E-state index in [0.29, 0.717) is 34.6 Å². The Balaban J connectivity index is 1.88. The third-order valence-electron chi connectivity index (χ3n) is 4.31. The van der Waals surface area contributed by atoms with Gasteiger partial charge in [-0.2, -0.15) is 13.2 Å². The number of anilines is 2. The predicted molar refractivity (Wildman–Crippen MR) is 115 cm³/mol. The van der Waals surface area contributed by atoms with Gasteiger partial charge in [-0.1, -0.05) is 49.1 Å². The molecule has 0 saturated heterocycles. The highest BCUT2D eigenvalue weighted by Gasteiger charge is 2.34. The van der Waals surface area contributed by atoms with Gasteiger partial charge in [0.05, 0.1) is 18.2 Å². The minimum Gasteiger partial charge on any atom is -0.394 e. The average Bonchev–Trinajstić information content (AvgIpc) is 3.05. The first-order valence-corrected chi connectivity index (χ1v) is 11.2. The Bertz CT molecular complexity index is 1060. The van der Waals surface area contributed by atoms with Crippen molar-refractivity contribution in [3.8, 4) is 0 Å². The van der Waals surface area contributed by atoms with Gasteiger partial charge in [0.2, 0.25) is 0 Å². The Labute approximate surface area is 184 Å². The Hall–Kier alpha value is -2.18. The number of benzene rings is 1. The van der Waals surface area contributed by atoms with Gasteiger partial charge >= 0.3 is 6.18 Å². The molecule has 0 spiro atoms. The highest BCUT2D eigenvalue weighted by atomic mass is 32.2. The van der Waals surface area contributed by atoms with Crippen molar-refractivity contribution >= 4 is 44.4 Å². The molecular weight excluding hydrogens is 454 g/mol. The van der Waals surface area contributed by atoms with Crippen molar-refractivity contribution in [2.75, 3.05) is 17.7 Å². The van der Waals surface area contributed by atoms with E-state index in [-0.39, 0.29) is 34.3 Å². The maximum Gasteiger partial charge on any atom is 0.419 e. The number of aromatic nitrogens is 3. The molecular formula is C19H21F4N5OS2. The summed E-state index contributed by atoms with van der Waals surface area (Å²) in [5.41, 5.74) is 4.71. The van der Waals surface area contributed by atoms with Crippen LogP contribution in [0.5, 0.6) is 0 Å². The summed E-state index contributed by atoms with van der Waals surface area (Å²) >= 11 is 2.17. The number of alkyl halides is 3. The fourth-order valence-electron chi connectivity index (χ4n) is 2.98. The number of aliphatic hydroxyl groups is 1. The number of nitrogens with one attached hydrogen (secondary N) is 1. The molecule has 0 aliphatic rings. The number of halogens is 4. The number of hydrogen-bond acceptors (Lipinski definition) is 8. The van der Waals surface area contributed by atoms with Crippen molar-refractivity contribution in [1.29, 1.82) is 0 Å². The lowest BCUT2D eigenvalue weighted by Crippen LogP contribution is -2.26. The number of fused-ring (bicyclic) bond motifs is 1. The molecule has 0 unspecified atom stereocenters. The standard InChI is InChI=1S/C19H21F4N5OS2/c1-9(2)6-11(7-29)25-15-14-16(26-17(24)31-14)28-18(27-15)30-8-10-4-3-5-12(13(10)20)19(21,22)23/h3-5,9,11,29H,6-8H2,1-2H3,(H3,24,25,26,27,28)/t11-/m1/s1. The summed E-state index contributed by atoms with van der Waals surface area (Å²) in [6, 6.07) is 2.90. The fraction of sp³-hybridized carbons (Fsp3) is 0.421. The maximum absolute atomic E-state index is 14.3. The minimum absolute atomic E-state index is 0.101. The smallest absolute Gasteiger partial charge is 0.394 e. The molecule has 3 rings (SSSR count). The first kappa shape index (κ1) is 23.5. The zero-order valence-corrected chi connectivity index (χ0v) is 18.3. The molecule has 31 heavy (non-hydrogen) atoms. The molecule has 3 aromatic rings. The molecule has 4 N–H and O–H groups in total. The van der Waals surface area contributed by atoms with Crippen LogP contribution >= 0.6 is 23.1 Å². The topological polar surface area (TPSA) is 97.0 Å². The highest BCUT2D eigenvalue weighted by Crippen LogP contribution is 2.35. The minimum atomic E-state index is -4.77. The summed E-state index contributed by atoms with van der Waals surface area (Å²) in [6.07, 6.45) is -4.08. The van der Waals surface area contributed by atoms with Crippen molar-refractivity contribution in [2.24, 2.45) is 5.92 Å². The zero-order chi connectivity index (χ0) is 22.8.